The SMILES string of the molecule is CC1c2ccccc2C2C(C)c3ccccc3C12. The summed E-state index contributed by atoms with van der Waals surface area (Å²) in [5.41, 5.74) is 6.35. The molecule has 0 N–H and O–H groups in total. The standard InChI is InChI=1S/C18H18/c1-11-13-7-3-5-9-15(13)18-12(2)14-8-4-6-10-16(14)17(11)18/h3-12,17-18H,1-2H3. The van der Waals surface area contributed by atoms with Gasteiger partial charge in [0.15, 0.2) is 0 Å². The van der Waals surface area contributed by atoms with Gasteiger partial charge in [-0.25, -0.2) is 0 Å². The lowest BCUT2D eigenvalue weighted by Gasteiger charge is -2.18. The van der Waals surface area contributed by atoms with Crippen molar-refractivity contribution in [3.05, 3.63) is 70.8 Å². The molecule has 18 heavy (non-hydrogen) atoms. The molecule has 2 aliphatic carbocycles. The van der Waals surface area contributed by atoms with Gasteiger partial charge in [-0.1, -0.05) is 62.4 Å². The maximum absolute atomic E-state index is 2.40. The molecule has 0 aliphatic heterocycles. The monoisotopic (exact) mass is 234 g/mol. The minimum atomic E-state index is 0.664. The third kappa shape index (κ3) is 1.11. The highest BCUT2D eigenvalue weighted by atomic mass is 14.5. The van der Waals surface area contributed by atoms with Gasteiger partial charge >= 0.3 is 0 Å². The van der Waals surface area contributed by atoms with E-state index in [1.807, 2.05) is 0 Å². The smallest absolute Gasteiger partial charge is 0.00181 e. The summed E-state index contributed by atoms with van der Waals surface area (Å²) in [7, 11) is 0. The fraction of sp³-hybridized carbons (Fsp3) is 0.333. The molecule has 0 aromatic heterocycles. The van der Waals surface area contributed by atoms with Crippen molar-refractivity contribution in [1.82, 2.24) is 0 Å². The number of benzene rings is 2. The van der Waals surface area contributed by atoms with Gasteiger partial charge in [0, 0.05) is 0 Å². The fourth-order valence-corrected chi connectivity index (χ4v) is 4.39. The molecule has 0 radical (unpaired) electrons. The Kier molecular flexibility index (Phi) is 2.00. The summed E-state index contributed by atoms with van der Waals surface area (Å²) in [6.45, 7) is 4.80. The zero-order chi connectivity index (χ0) is 12.3. The van der Waals surface area contributed by atoms with E-state index in [1.165, 1.54) is 0 Å². The Labute approximate surface area is 109 Å². The molecule has 90 valence electrons. The lowest BCUT2D eigenvalue weighted by atomic mass is 9.85. The molecule has 0 bridgehead atoms. The van der Waals surface area contributed by atoms with Crippen LogP contribution in [0.2, 0.25) is 0 Å². The predicted octanol–water partition coefficient (Wildman–Crippen LogP) is 4.79. The van der Waals surface area contributed by atoms with Crippen molar-refractivity contribution in [2.24, 2.45) is 0 Å². The van der Waals surface area contributed by atoms with Gasteiger partial charge in [0.2, 0.25) is 0 Å². The average molecular weight is 234 g/mol. The summed E-state index contributed by atoms with van der Waals surface area (Å²) >= 11 is 0. The normalized spacial score (nSPS) is 31.9. The second-order valence-electron chi connectivity index (χ2n) is 5.89. The van der Waals surface area contributed by atoms with Crippen LogP contribution < -0.4 is 0 Å². The molecule has 0 heterocycles. The van der Waals surface area contributed by atoms with Gasteiger partial charge in [0.1, 0.15) is 0 Å². The lowest BCUT2D eigenvalue weighted by molar-refractivity contribution is 0.516. The molecule has 4 unspecified atom stereocenters. The number of hydrogen-bond acceptors (Lipinski definition) is 0. The van der Waals surface area contributed by atoms with Crippen LogP contribution in [0, 0.1) is 0 Å². The maximum Gasteiger partial charge on any atom is -0.00181 e. The van der Waals surface area contributed by atoms with Crippen LogP contribution >= 0.6 is 0 Å². The van der Waals surface area contributed by atoms with Crippen molar-refractivity contribution >= 4 is 0 Å². The highest BCUT2D eigenvalue weighted by Gasteiger charge is 2.47. The molecular formula is C18H18. The van der Waals surface area contributed by atoms with E-state index >= 15 is 0 Å². The topological polar surface area (TPSA) is 0 Å². The van der Waals surface area contributed by atoms with E-state index in [-0.39, 0.29) is 0 Å². The van der Waals surface area contributed by atoms with Crippen molar-refractivity contribution < 1.29 is 0 Å². The largest absolute Gasteiger partial charge is 0.0620 e. The zero-order valence-electron chi connectivity index (χ0n) is 10.9. The van der Waals surface area contributed by atoms with Gasteiger partial charge in [-0.15, -0.1) is 0 Å². The average Bonchev–Trinajstić information content (AvgIpc) is 2.87. The van der Waals surface area contributed by atoms with E-state index in [2.05, 4.69) is 62.4 Å². The molecule has 4 atom stereocenters. The molecular weight excluding hydrogens is 216 g/mol. The van der Waals surface area contributed by atoms with E-state index < -0.39 is 0 Å². The van der Waals surface area contributed by atoms with Crippen LogP contribution in [0.15, 0.2) is 48.5 Å². The highest BCUT2D eigenvalue weighted by Crippen LogP contribution is 2.62. The molecule has 4 rings (SSSR count). The van der Waals surface area contributed by atoms with Crippen molar-refractivity contribution in [3.8, 4) is 0 Å². The van der Waals surface area contributed by atoms with Gasteiger partial charge in [0.25, 0.3) is 0 Å². The summed E-state index contributed by atoms with van der Waals surface area (Å²) in [4.78, 5) is 0. The summed E-state index contributed by atoms with van der Waals surface area (Å²) in [6, 6.07) is 18.1. The van der Waals surface area contributed by atoms with Crippen LogP contribution in [0.1, 0.15) is 59.8 Å². The maximum atomic E-state index is 2.40. The van der Waals surface area contributed by atoms with Crippen LogP contribution in [-0.2, 0) is 0 Å². The minimum Gasteiger partial charge on any atom is -0.0620 e. The lowest BCUT2D eigenvalue weighted by Crippen LogP contribution is -2.04. The molecule has 2 aromatic carbocycles. The molecule has 0 saturated heterocycles. The first-order chi connectivity index (χ1) is 8.79. The van der Waals surface area contributed by atoms with Crippen molar-refractivity contribution in [3.63, 3.8) is 0 Å². The molecule has 0 fully saturated rings. The van der Waals surface area contributed by atoms with E-state index in [4.69, 9.17) is 0 Å². The number of fused-ring (bicyclic) bond motifs is 5. The molecule has 0 saturated carbocycles. The highest BCUT2D eigenvalue weighted by molar-refractivity contribution is 5.54. The van der Waals surface area contributed by atoms with Crippen LogP contribution in [0.5, 0.6) is 0 Å². The Bertz CT molecular complexity index is 555. The first-order valence-corrected chi connectivity index (χ1v) is 6.96. The van der Waals surface area contributed by atoms with E-state index in [0.717, 1.165) is 0 Å². The van der Waals surface area contributed by atoms with E-state index in [9.17, 15) is 0 Å². The van der Waals surface area contributed by atoms with Gasteiger partial charge in [-0.05, 0) is 45.9 Å². The number of hydrogen-bond donors (Lipinski definition) is 0. The molecule has 2 aliphatic rings. The van der Waals surface area contributed by atoms with Gasteiger partial charge < -0.3 is 0 Å². The second kappa shape index (κ2) is 3.47. The first kappa shape index (κ1) is 10.4. The Morgan fingerprint density at radius 1 is 0.556 bits per heavy atom. The quantitative estimate of drug-likeness (QED) is 0.615. The van der Waals surface area contributed by atoms with Gasteiger partial charge in [0.05, 0.1) is 0 Å². The summed E-state index contributed by atoms with van der Waals surface area (Å²) < 4.78 is 0. The molecule has 0 spiro atoms. The summed E-state index contributed by atoms with van der Waals surface area (Å²) in [5, 5.41) is 0. The fourth-order valence-electron chi connectivity index (χ4n) is 4.39. The Morgan fingerprint density at radius 3 is 1.28 bits per heavy atom. The Balaban J connectivity index is 1.95. The second-order valence-corrected chi connectivity index (χ2v) is 5.89. The third-order valence-electron chi connectivity index (χ3n) is 5.16. The molecule has 0 amide bonds. The van der Waals surface area contributed by atoms with Gasteiger partial charge in [-0.2, -0.15) is 0 Å². The van der Waals surface area contributed by atoms with Crippen LogP contribution in [-0.4, -0.2) is 0 Å². The Hall–Kier alpha value is -1.56. The van der Waals surface area contributed by atoms with Gasteiger partial charge in [-0.3, -0.25) is 0 Å². The van der Waals surface area contributed by atoms with Crippen LogP contribution in [0.25, 0.3) is 0 Å². The van der Waals surface area contributed by atoms with E-state index in [1.54, 1.807) is 22.3 Å². The number of rotatable bonds is 0. The van der Waals surface area contributed by atoms with E-state index in [0.29, 0.717) is 23.7 Å². The minimum absolute atomic E-state index is 0.664. The molecule has 0 nitrogen and oxygen atoms in total. The molecule has 2 aromatic rings. The Morgan fingerprint density at radius 2 is 0.889 bits per heavy atom. The third-order valence-corrected chi connectivity index (χ3v) is 5.16. The molecule has 0 heteroatoms. The first-order valence-electron chi connectivity index (χ1n) is 6.96. The summed E-state index contributed by atoms with van der Waals surface area (Å²) in [6.07, 6.45) is 0. The van der Waals surface area contributed by atoms with Crippen LogP contribution in [0.3, 0.4) is 0 Å². The van der Waals surface area contributed by atoms with Crippen molar-refractivity contribution in [1.29, 1.82) is 0 Å². The predicted molar refractivity (Wildman–Crippen MR) is 75.2 cm³/mol. The van der Waals surface area contributed by atoms with Crippen molar-refractivity contribution in [2.75, 3.05) is 0 Å². The zero-order valence-corrected chi connectivity index (χ0v) is 10.9. The van der Waals surface area contributed by atoms with Crippen LogP contribution in [0.4, 0.5) is 0 Å². The summed E-state index contributed by atoms with van der Waals surface area (Å²) in [5.74, 6) is 2.73. The van der Waals surface area contributed by atoms with Crippen molar-refractivity contribution in [2.45, 2.75) is 37.5 Å².